The number of amides is 2. The number of carbonyl (C=O) groups excluding carboxylic acids is 3. The summed E-state index contributed by atoms with van der Waals surface area (Å²) in [5.41, 5.74) is 1.78. The molecule has 4 aliphatic rings. The molecule has 0 heterocycles. The van der Waals surface area contributed by atoms with Gasteiger partial charge in [-0.2, -0.15) is 0 Å². The maximum absolute atomic E-state index is 13.5. The van der Waals surface area contributed by atoms with Crippen LogP contribution in [-0.2, 0) is 25.7 Å². The van der Waals surface area contributed by atoms with E-state index >= 15 is 0 Å². The Morgan fingerprint density at radius 3 is 2.27 bits per heavy atom. The fraction of sp³-hybridized carbons (Fsp3) is 0.651. The molecule has 4 aliphatic carbocycles. The molecule has 52 heavy (non-hydrogen) atoms. The summed E-state index contributed by atoms with van der Waals surface area (Å²) in [7, 11) is 1.58. The van der Waals surface area contributed by atoms with Crippen molar-refractivity contribution in [3.63, 3.8) is 0 Å². The number of ether oxygens (including phenoxy) is 2. The largest absolute Gasteiger partial charge is 0.497 e. The third-order valence-corrected chi connectivity index (χ3v) is 14.1. The van der Waals surface area contributed by atoms with Crippen LogP contribution in [-0.4, -0.2) is 53.4 Å². The molecule has 0 saturated heterocycles. The number of benzene rings is 2. The highest BCUT2D eigenvalue weighted by Gasteiger charge is 2.62. The number of nitrogens with one attached hydrogen (secondary N) is 2. The molecule has 0 radical (unpaired) electrons. The van der Waals surface area contributed by atoms with Crippen LogP contribution in [0.1, 0.15) is 103 Å². The highest BCUT2D eigenvalue weighted by Crippen LogP contribution is 2.68. The standard InChI is InChI=1S/C43H60N2O7/c1-27(33-15-16-34-40-35(21-23-43(33,34)3)42(2)22-20-31(46)24-29(42)25-37(40)47)10-18-39(49)45-36(41(50)52-26-28-8-6-5-7-9-28)17-19-38(48)44-30-11-13-32(51-4)14-12-30/h5-9,11-14,27,29,31,33-37,40,46-47H,10,15-26H2,1-4H3,(H,44,48)(H,45,49)/t27-,29+,31-,33-,34+,35+,36+,37-,40+,42+,43-/m1/s1. The smallest absolute Gasteiger partial charge is 0.328 e. The van der Waals surface area contributed by atoms with Gasteiger partial charge in [0.05, 0.1) is 19.3 Å². The number of aliphatic hydroxyl groups excluding tert-OH is 2. The van der Waals surface area contributed by atoms with Crippen LogP contribution < -0.4 is 15.4 Å². The van der Waals surface area contributed by atoms with Gasteiger partial charge in [0.1, 0.15) is 18.4 Å². The molecule has 4 N–H and O–H groups in total. The third-order valence-electron chi connectivity index (χ3n) is 14.1. The van der Waals surface area contributed by atoms with Crippen LogP contribution in [0.25, 0.3) is 0 Å². The van der Waals surface area contributed by atoms with E-state index in [1.165, 1.54) is 0 Å². The Morgan fingerprint density at radius 2 is 1.54 bits per heavy atom. The van der Waals surface area contributed by atoms with Gasteiger partial charge in [-0.15, -0.1) is 0 Å². The van der Waals surface area contributed by atoms with Crippen LogP contribution in [0, 0.1) is 46.3 Å². The van der Waals surface area contributed by atoms with E-state index in [0.29, 0.717) is 53.4 Å². The summed E-state index contributed by atoms with van der Waals surface area (Å²) in [5.74, 6) is 2.10. The van der Waals surface area contributed by atoms with Crippen molar-refractivity contribution in [2.45, 2.75) is 123 Å². The van der Waals surface area contributed by atoms with Crippen LogP contribution in [0.15, 0.2) is 54.6 Å². The molecule has 4 fully saturated rings. The summed E-state index contributed by atoms with van der Waals surface area (Å²) in [6.45, 7) is 7.25. The fourth-order valence-electron chi connectivity index (χ4n) is 11.3. The molecule has 2 aromatic carbocycles. The van der Waals surface area contributed by atoms with Crippen LogP contribution in [0.4, 0.5) is 5.69 Å². The Morgan fingerprint density at radius 1 is 0.846 bits per heavy atom. The minimum atomic E-state index is -0.948. The zero-order valence-electron chi connectivity index (χ0n) is 31.5. The highest BCUT2D eigenvalue weighted by molar-refractivity contribution is 5.91. The topological polar surface area (TPSA) is 134 Å². The lowest BCUT2D eigenvalue weighted by Crippen LogP contribution is -2.58. The van der Waals surface area contributed by atoms with Crippen molar-refractivity contribution < 1.29 is 34.1 Å². The zero-order chi connectivity index (χ0) is 37.0. The zero-order valence-corrected chi connectivity index (χ0v) is 31.5. The summed E-state index contributed by atoms with van der Waals surface area (Å²) >= 11 is 0. The Balaban J connectivity index is 1.05. The van der Waals surface area contributed by atoms with Crippen LogP contribution in [0.2, 0.25) is 0 Å². The minimum Gasteiger partial charge on any atom is -0.497 e. The molecule has 9 nitrogen and oxygen atoms in total. The molecule has 0 aliphatic heterocycles. The van der Waals surface area contributed by atoms with Gasteiger partial charge in [-0.05, 0) is 140 Å². The van der Waals surface area contributed by atoms with E-state index in [4.69, 9.17) is 9.47 Å². The van der Waals surface area contributed by atoms with Crippen molar-refractivity contribution in [1.29, 1.82) is 0 Å². The lowest BCUT2D eigenvalue weighted by molar-refractivity contribution is -0.174. The van der Waals surface area contributed by atoms with E-state index in [9.17, 15) is 24.6 Å². The SMILES string of the molecule is COc1ccc(NC(=O)CC[C@H](NC(=O)CC[C@@H](C)[C@H]2CC[C@H]3[C@@H]4[C@H](O)C[C@@H]5C[C@H](O)CC[C@]5(C)[C@H]4CC[C@]23C)C(=O)OCc2ccccc2)cc1. The van der Waals surface area contributed by atoms with E-state index in [-0.39, 0.29) is 60.7 Å². The number of esters is 1. The van der Waals surface area contributed by atoms with Crippen molar-refractivity contribution in [3.05, 3.63) is 60.2 Å². The van der Waals surface area contributed by atoms with E-state index in [0.717, 1.165) is 56.9 Å². The van der Waals surface area contributed by atoms with E-state index in [1.807, 2.05) is 30.3 Å². The second-order valence-corrected chi connectivity index (χ2v) is 17.0. The summed E-state index contributed by atoms with van der Waals surface area (Å²) in [6, 6.07) is 15.5. The Bertz CT molecular complexity index is 1530. The molecule has 6 rings (SSSR count). The first-order chi connectivity index (χ1) is 24.9. The quantitative estimate of drug-likeness (QED) is 0.163. The fourth-order valence-corrected chi connectivity index (χ4v) is 11.3. The van der Waals surface area contributed by atoms with Gasteiger partial charge in [0, 0.05) is 18.5 Å². The molecular weight excluding hydrogens is 656 g/mol. The van der Waals surface area contributed by atoms with Crippen LogP contribution >= 0.6 is 0 Å². The Hall–Kier alpha value is -3.43. The van der Waals surface area contributed by atoms with Gasteiger partial charge in [0.15, 0.2) is 0 Å². The van der Waals surface area contributed by atoms with Crippen molar-refractivity contribution in [2.24, 2.45) is 46.3 Å². The first kappa shape index (κ1) is 38.3. The maximum Gasteiger partial charge on any atom is 0.328 e. The monoisotopic (exact) mass is 716 g/mol. The number of hydrogen-bond acceptors (Lipinski definition) is 7. The average molecular weight is 717 g/mol. The third kappa shape index (κ3) is 8.20. The molecule has 11 atom stereocenters. The number of anilines is 1. The Labute approximate surface area is 309 Å². The summed E-state index contributed by atoms with van der Waals surface area (Å²) < 4.78 is 10.8. The predicted molar refractivity (Wildman–Crippen MR) is 200 cm³/mol. The van der Waals surface area contributed by atoms with Gasteiger partial charge in [-0.1, -0.05) is 51.1 Å². The second-order valence-electron chi connectivity index (χ2n) is 17.0. The Kier molecular flexibility index (Phi) is 12.0. The van der Waals surface area contributed by atoms with Gasteiger partial charge in [0.2, 0.25) is 11.8 Å². The maximum atomic E-state index is 13.5. The minimum absolute atomic E-state index is 0.0318. The van der Waals surface area contributed by atoms with Gasteiger partial charge < -0.3 is 30.3 Å². The average Bonchev–Trinajstić information content (AvgIpc) is 3.50. The number of rotatable bonds is 13. The molecule has 0 aromatic heterocycles. The number of methoxy groups -OCH3 is 1. The van der Waals surface area contributed by atoms with Gasteiger partial charge in [0.25, 0.3) is 0 Å². The normalized spacial score (nSPS) is 33.4. The molecule has 0 bridgehead atoms. The highest BCUT2D eigenvalue weighted by atomic mass is 16.5. The van der Waals surface area contributed by atoms with Crippen LogP contribution in [0.3, 0.4) is 0 Å². The lowest BCUT2D eigenvalue weighted by Gasteiger charge is -2.62. The van der Waals surface area contributed by atoms with Crippen molar-refractivity contribution >= 4 is 23.5 Å². The molecule has 0 spiro atoms. The number of hydrogen-bond donors (Lipinski definition) is 4. The van der Waals surface area contributed by atoms with E-state index in [1.54, 1.807) is 31.4 Å². The second kappa shape index (κ2) is 16.3. The van der Waals surface area contributed by atoms with E-state index < -0.39 is 12.0 Å². The molecule has 9 heteroatoms. The molecular formula is C43H60N2O7. The summed E-state index contributed by atoms with van der Waals surface area (Å²) in [6.07, 6.45) is 8.65. The predicted octanol–water partition coefficient (Wildman–Crippen LogP) is 7.05. The summed E-state index contributed by atoms with van der Waals surface area (Å²) in [5, 5.41) is 27.8. The van der Waals surface area contributed by atoms with E-state index in [2.05, 4.69) is 31.4 Å². The molecule has 4 saturated carbocycles. The molecule has 284 valence electrons. The lowest BCUT2D eigenvalue weighted by atomic mass is 9.43. The first-order valence-electron chi connectivity index (χ1n) is 19.7. The van der Waals surface area contributed by atoms with Gasteiger partial charge in [-0.25, -0.2) is 4.79 Å². The molecule has 2 amide bonds. The molecule has 0 unspecified atom stereocenters. The van der Waals surface area contributed by atoms with Crippen molar-refractivity contribution in [2.75, 3.05) is 12.4 Å². The molecule has 2 aromatic rings. The van der Waals surface area contributed by atoms with Crippen molar-refractivity contribution in [1.82, 2.24) is 5.32 Å². The van der Waals surface area contributed by atoms with Crippen molar-refractivity contribution in [3.8, 4) is 5.75 Å². The summed E-state index contributed by atoms with van der Waals surface area (Å²) in [4.78, 5) is 39.6. The van der Waals surface area contributed by atoms with Crippen LogP contribution in [0.5, 0.6) is 5.75 Å². The number of carbonyl (C=O) groups is 3. The number of aliphatic hydroxyl groups is 2. The van der Waals surface area contributed by atoms with Gasteiger partial charge in [-0.3, -0.25) is 9.59 Å². The number of fused-ring (bicyclic) bond motifs is 5. The van der Waals surface area contributed by atoms with Gasteiger partial charge >= 0.3 is 5.97 Å². The first-order valence-corrected chi connectivity index (χ1v) is 19.7.